The summed E-state index contributed by atoms with van der Waals surface area (Å²) in [7, 11) is 0. The number of aromatic nitrogens is 1. The van der Waals surface area contributed by atoms with Crippen molar-refractivity contribution in [3.8, 4) is 11.5 Å². The maximum absolute atomic E-state index is 13.7. The van der Waals surface area contributed by atoms with Gasteiger partial charge in [-0.2, -0.15) is 0 Å². The molecule has 4 rings (SSSR count). The van der Waals surface area contributed by atoms with E-state index in [-0.39, 0.29) is 18.3 Å². The van der Waals surface area contributed by atoms with Gasteiger partial charge < -0.3 is 14.4 Å². The van der Waals surface area contributed by atoms with E-state index in [1.54, 1.807) is 4.90 Å². The first-order valence-electron chi connectivity index (χ1n) is 10.5. The molecule has 6 nitrogen and oxygen atoms in total. The third-order valence-electron chi connectivity index (χ3n) is 5.46. The number of benzene rings is 2. The minimum Gasteiger partial charge on any atom is -0.482 e. The Morgan fingerprint density at radius 3 is 2.47 bits per heavy atom. The number of halogens is 2. The number of likely N-dealkylation sites (N-methyl/N-ethyl adjacent to an activating group) is 1. The minimum atomic E-state index is -0.748. The number of hydrogen-bond donors (Lipinski definition) is 0. The lowest BCUT2D eigenvalue weighted by atomic mass is 10.1. The van der Waals surface area contributed by atoms with Crippen LogP contribution in [0.15, 0.2) is 42.5 Å². The van der Waals surface area contributed by atoms with Crippen LogP contribution in [0.4, 0.5) is 5.13 Å². The van der Waals surface area contributed by atoms with Crippen molar-refractivity contribution in [2.24, 2.45) is 0 Å². The van der Waals surface area contributed by atoms with Gasteiger partial charge >= 0.3 is 0 Å². The van der Waals surface area contributed by atoms with Crippen LogP contribution in [0.5, 0.6) is 11.5 Å². The average molecular weight is 496 g/mol. The van der Waals surface area contributed by atoms with Gasteiger partial charge in [0.05, 0.1) is 10.2 Å². The maximum Gasteiger partial charge on any atom is 0.273 e. The predicted molar refractivity (Wildman–Crippen MR) is 133 cm³/mol. The Kier molecular flexibility index (Phi) is 8.22. The van der Waals surface area contributed by atoms with Gasteiger partial charge in [0, 0.05) is 18.1 Å². The van der Waals surface area contributed by atoms with Gasteiger partial charge in [-0.3, -0.25) is 9.69 Å². The molecule has 1 amide bonds. The summed E-state index contributed by atoms with van der Waals surface area (Å²) in [5.41, 5.74) is 0.823. The van der Waals surface area contributed by atoms with Gasteiger partial charge in [-0.05, 0) is 50.3 Å². The van der Waals surface area contributed by atoms with Crippen LogP contribution in [0, 0.1) is 0 Å². The SMILES string of the molecule is CCN(CC)CCN(C(=O)C1Oc2ccccc2OC1C)c1nc2ccc(Cl)cc2s1.Cl. The number of rotatable bonds is 7. The number of amides is 1. The quantitative estimate of drug-likeness (QED) is 0.446. The highest BCUT2D eigenvalue weighted by molar-refractivity contribution is 7.22. The molecule has 2 unspecified atom stereocenters. The van der Waals surface area contributed by atoms with Crippen molar-refractivity contribution in [3.63, 3.8) is 0 Å². The molecule has 0 saturated carbocycles. The van der Waals surface area contributed by atoms with Crippen LogP contribution < -0.4 is 14.4 Å². The van der Waals surface area contributed by atoms with Gasteiger partial charge in [-0.15, -0.1) is 12.4 Å². The molecule has 9 heteroatoms. The average Bonchev–Trinajstić information content (AvgIpc) is 3.18. The zero-order valence-corrected chi connectivity index (χ0v) is 20.7. The number of fused-ring (bicyclic) bond motifs is 2. The smallest absolute Gasteiger partial charge is 0.273 e. The van der Waals surface area contributed by atoms with Gasteiger partial charge in [0.25, 0.3) is 5.91 Å². The Hall–Kier alpha value is -2.06. The van der Waals surface area contributed by atoms with E-state index < -0.39 is 12.2 Å². The zero-order valence-electron chi connectivity index (χ0n) is 18.3. The molecule has 2 aromatic carbocycles. The number of ether oxygens (including phenoxy) is 2. The number of para-hydroxylation sites is 2. The van der Waals surface area contributed by atoms with Crippen LogP contribution in [-0.2, 0) is 4.79 Å². The van der Waals surface area contributed by atoms with Crippen LogP contribution in [-0.4, -0.2) is 54.2 Å². The van der Waals surface area contributed by atoms with Crippen LogP contribution in [0.3, 0.4) is 0 Å². The van der Waals surface area contributed by atoms with Crippen molar-refractivity contribution >= 4 is 56.6 Å². The van der Waals surface area contributed by atoms with E-state index in [1.165, 1.54) is 11.3 Å². The van der Waals surface area contributed by atoms with E-state index in [9.17, 15) is 4.79 Å². The Morgan fingerprint density at radius 2 is 1.78 bits per heavy atom. The molecule has 0 N–H and O–H groups in total. The third kappa shape index (κ3) is 5.12. The van der Waals surface area contributed by atoms with Gasteiger partial charge in [0.2, 0.25) is 6.10 Å². The number of thiazole rings is 1. The summed E-state index contributed by atoms with van der Waals surface area (Å²) >= 11 is 7.61. The van der Waals surface area contributed by atoms with E-state index in [4.69, 9.17) is 26.1 Å². The fourth-order valence-corrected chi connectivity index (χ4v) is 4.90. The molecule has 0 radical (unpaired) electrons. The summed E-state index contributed by atoms with van der Waals surface area (Å²) in [5, 5.41) is 1.29. The highest BCUT2D eigenvalue weighted by Gasteiger charge is 2.38. The maximum atomic E-state index is 13.7. The van der Waals surface area contributed by atoms with Crippen LogP contribution in [0.1, 0.15) is 20.8 Å². The molecule has 0 saturated heterocycles. The van der Waals surface area contributed by atoms with Gasteiger partial charge in [0.15, 0.2) is 16.6 Å². The Labute approximate surface area is 203 Å². The van der Waals surface area contributed by atoms with Crippen molar-refractivity contribution in [1.29, 1.82) is 0 Å². The lowest BCUT2D eigenvalue weighted by molar-refractivity contribution is -0.130. The summed E-state index contributed by atoms with van der Waals surface area (Å²) in [6.45, 7) is 9.19. The number of carbonyl (C=O) groups excluding carboxylic acids is 1. The Morgan fingerprint density at radius 1 is 1.09 bits per heavy atom. The second kappa shape index (κ2) is 10.7. The minimum absolute atomic E-state index is 0. The molecule has 32 heavy (non-hydrogen) atoms. The fourth-order valence-electron chi connectivity index (χ4n) is 3.63. The first-order chi connectivity index (χ1) is 15.0. The largest absolute Gasteiger partial charge is 0.482 e. The van der Waals surface area contributed by atoms with E-state index in [0.29, 0.717) is 28.2 Å². The number of nitrogens with zero attached hydrogens (tertiary/aromatic N) is 3. The third-order valence-corrected chi connectivity index (χ3v) is 6.73. The molecule has 0 bridgehead atoms. The molecule has 1 aliphatic heterocycles. The van der Waals surface area contributed by atoms with Crippen molar-refractivity contribution in [2.45, 2.75) is 33.0 Å². The van der Waals surface area contributed by atoms with E-state index in [0.717, 1.165) is 29.9 Å². The zero-order chi connectivity index (χ0) is 22.0. The molecule has 172 valence electrons. The van der Waals surface area contributed by atoms with Crippen molar-refractivity contribution in [2.75, 3.05) is 31.1 Å². The van der Waals surface area contributed by atoms with Crippen LogP contribution >= 0.6 is 35.3 Å². The first-order valence-corrected chi connectivity index (χ1v) is 11.7. The monoisotopic (exact) mass is 495 g/mol. The first kappa shape index (κ1) is 24.6. The molecule has 2 atom stereocenters. The lowest BCUT2D eigenvalue weighted by Gasteiger charge is -2.34. The predicted octanol–water partition coefficient (Wildman–Crippen LogP) is 5.27. The molecule has 1 aliphatic rings. The molecule has 1 aromatic heterocycles. The normalized spacial score (nSPS) is 17.3. The molecular weight excluding hydrogens is 469 g/mol. The number of carbonyl (C=O) groups is 1. The summed E-state index contributed by atoms with van der Waals surface area (Å²) in [6.07, 6.45) is -1.16. The molecule has 2 heterocycles. The second-order valence-electron chi connectivity index (χ2n) is 7.43. The highest BCUT2D eigenvalue weighted by atomic mass is 35.5. The van der Waals surface area contributed by atoms with Crippen LogP contribution in [0.2, 0.25) is 5.02 Å². The molecule has 0 fully saturated rings. The van der Waals surface area contributed by atoms with Gasteiger partial charge in [0.1, 0.15) is 6.10 Å². The molecular formula is C23H27Cl2N3O3S. The lowest BCUT2D eigenvalue weighted by Crippen LogP contribution is -2.52. The summed E-state index contributed by atoms with van der Waals surface area (Å²) < 4.78 is 13.0. The standard InChI is InChI=1S/C23H26ClN3O3S.ClH/c1-4-26(5-2)12-13-27(23-25-17-11-10-16(24)14-20(17)31-23)22(28)21-15(3)29-18-8-6-7-9-19(18)30-21;/h6-11,14-15,21H,4-5,12-13H2,1-3H3;1H. The van der Waals surface area contributed by atoms with Crippen molar-refractivity contribution in [3.05, 3.63) is 47.5 Å². The molecule has 3 aromatic rings. The van der Waals surface area contributed by atoms with E-state index >= 15 is 0 Å². The molecule has 0 spiro atoms. The van der Waals surface area contributed by atoms with Crippen molar-refractivity contribution < 1.29 is 14.3 Å². The number of anilines is 1. The number of hydrogen-bond acceptors (Lipinski definition) is 6. The topological polar surface area (TPSA) is 54.9 Å². The summed E-state index contributed by atoms with van der Waals surface area (Å²) in [6, 6.07) is 13.0. The highest BCUT2D eigenvalue weighted by Crippen LogP contribution is 2.36. The van der Waals surface area contributed by atoms with E-state index in [1.807, 2.05) is 49.4 Å². The van der Waals surface area contributed by atoms with Crippen LogP contribution in [0.25, 0.3) is 10.2 Å². The van der Waals surface area contributed by atoms with E-state index in [2.05, 4.69) is 18.7 Å². The molecule has 0 aliphatic carbocycles. The summed E-state index contributed by atoms with van der Waals surface area (Å²) in [4.78, 5) is 22.4. The van der Waals surface area contributed by atoms with Gasteiger partial charge in [-0.25, -0.2) is 4.98 Å². The Bertz CT molecular complexity index is 1070. The summed E-state index contributed by atoms with van der Waals surface area (Å²) in [5.74, 6) is 1.08. The Balaban J connectivity index is 0.00000289. The second-order valence-corrected chi connectivity index (χ2v) is 8.88. The fraction of sp³-hybridized carbons (Fsp3) is 0.391. The van der Waals surface area contributed by atoms with Crippen molar-refractivity contribution in [1.82, 2.24) is 9.88 Å². The van der Waals surface area contributed by atoms with Gasteiger partial charge in [-0.1, -0.05) is 48.9 Å².